The molecule has 0 spiro atoms. The lowest BCUT2D eigenvalue weighted by Crippen LogP contribution is -2.29. The molecule has 0 aliphatic carbocycles. The van der Waals surface area contributed by atoms with E-state index in [1.807, 2.05) is 0 Å². The third-order valence-electron chi connectivity index (χ3n) is 3.15. The molecule has 4 nitrogen and oxygen atoms in total. The summed E-state index contributed by atoms with van der Waals surface area (Å²) in [6, 6.07) is 4.55. The molecule has 0 heterocycles. The first-order valence-electron chi connectivity index (χ1n) is 6.75. The number of hydrogen-bond acceptors (Lipinski definition) is 3. The van der Waals surface area contributed by atoms with E-state index in [2.05, 4.69) is 0 Å². The molecule has 1 rings (SSSR count). The Balaban J connectivity index is 2.46. The van der Waals surface area contributed by atoms with Crippen molar-refractivity contribution in [1.82, 2.24) is 4.90 Å². The zero-order chi connectivity index (χ0) is 15.0. The molecule has 0 radical (unpaired) electrons. The number of hydrogen-bond donors (Lipinski definition) is 1. The Morgan fingerprint density at radius 3 is 2.70 bits per heavy atom. The molecule has 0 saturated carbocycles. The van der Waals surface area contributed by atoms with Crippen LogP contribution in [0, 0.1) is 5.82 Å². The highest BCUT2D eigenvalue weighted by Gasteiger charge is 2.11. The Hall–Kier alpha value is -1.62. The molecule has 0 aliphatic heterocycles. The molecule has 0 saturated heterocycles. The van der Waals surface area contributed by atoms with E-state index in [1.165, 1.54) is 19.2 Å². The molecule has 0 fully saturated rings. The van der Waals surface area contributed by atoms with Crippen LogP contribution in [0.5, 0.6) is 5.75 Å². The van der Waals surface area contributed by atoms with E-state index >= 15 is 0 Å². The van der Waals surface area contributed by atoms with Gasteiger partial charge in [-0.3, -0.25) is 4.79 Å². The van der Waals surface area contributed by atoms with Crippen molar-refractivity contribution in [2.24, 2.45) is 0 Å². The van der Waals surface area contributed by atoms with Crippen molar-refractivity contribution < 1.29 is 19.0 Å². The maximum atomic E-state index is 13.5. The van der Waals surface area contributed by atoms with Crippen molar-refractivity contribution in [3.05, 3.63) is 29.6 Å². The topological polar surface area (TPSA) is 49.8 Å². The van der Waals surface area contributed by atoms with E-state index in [4.69, 9.17) is 9.84 Å². The Morgan fingerprint density at radius 2 is 2.10 bits per heavy atom. The summed E-state index contributed by atoms with van der Waals surface area (Å²) in [5.41, 5.74) is 0.635. The maximum absolute atomic E-state index is 13.5. The first-order valence-corrected chi connectivity index (χ1v) is 6.75. The van der Waals surface area contributed by atoms with Gasteiger partial charge in [-0.15, -0.1) is 0 Å². The number of ether oxygens (including phenoxy) is 1. The molecule has 1 aromatic carbocycles. The lowest BCUT2D eigenvalue weighted by atomic mass is 10.1. The molecule has 0 atom stereocenters. The van der Waals surface area contributed by atoms with E-state index in [9.17, 15) is 9.18 Å². The van der Waals surface area contributed by atoms with Crippen LogP contribution < -0.4 is 4.74 Å². The van der Waals surface area contributed by atoms with Crippen molar-refractivity contribution in [3.8, 4) is 5.75 Å². The fourth-order valence-electron chi connectivity index (χ4n) is 1.89. The Labute approximate surface area is 119 Å². The zero-order valence-corrected chi connectivity index (χ0v) is 12.1. The van der Waals surface area contributed by atoms with Crippen molar-refractivity contribution in [3.63, 3.8) is 0 Å². The van der Waals surface area contributed by atoms with Gasteiger partial charge in [-0.25, -0.2) is 4.39 Å². The second-order valence-electron chi connectivity index (χ2n) is 4.75. The predicted molar refractivity (Wildman–Crippen MR) is 75.2 cm³/mol. The number of likely N-dealkylation sites (N-methyl/N-ethyl adjacent to an activating group) is 1. The summed E-state index contributed by atoms with van der Waals surface area (Å²) in [6.07, 6.45) is 2.69. The molecule has 0 aromatic heterocycles. The molecular weight excluding hydrogens is 261 g/mol. The average molecular weight is 283 g/mol. The summed E-state index contributed by atoms with van der Waals surface area (Å²) < 4.78 is 18.4. The molecule has 0 bridgehead atoms. The van der Waals surface area contributed by atoms with Crippen LogP contribution in [0.15, 0.2) is 18.2 Å². The Bertz CT molecular complexity index is 437. The Morgan fingerprint density at radius 1 is 1.35 bits per heavy atom. The molecule has 0 aliphatic rings. The highest BCUT2D eigenvalue weighted by molar-refractivity contribution is 5.78. The number of aliphatic hydroxyl groups excluding tert-OH is 1. The summed E-state index contributed by atoms with van der Waals surface area (Å²) in [7, 11) is 3.14. The van der Waals surface area contributed by atoms with Crippen molar-refractivity contribution >= 4 is 5.91 Å². The fraction of sp³-hybridized carbons (Fsp3) is 0.533. The number of rotatable bonds is 8. The number of amides is 1. The smallest absolute Gasteiger partial charge is 0.226 e. The van der Waals surface area contributed by atoms with Crippen LogP contribution in [-0.2, 0) is 11.2 Å². The number of aliphatic hydroxyl groups is 1. The molecule has 0 unspecified atom stereocenters. The van der Waals surface area contributed by atoms with Crippen LogP contribution in [0.1, 0.15) is 24.8 Å². The summed E-state index contributed by atoms with van der Waals surface area (Å²) in [6.45, 7) is 0.834. The molecule has 1 amide bonds. The number of nitrogens with zero attached hydrogens (tertiary/aromatic N) is 1. The SMILES string of the molecule is COc1ccc(CC(=O)N(C)CCCCCO)cc1F. The van der Waals surface area contributed by atoms with Crippen LogP contribution in [-0.4, -0.2) is 43.2 Å². The third-order valence-corrected chi connectivity index (χ3v) is 3.15. The fourth-order valence-corrected chi connectivity index (χ4v) is 1.89. The molecule has 1 N–H and O–H groups in total. The molecule has 112 valence electrons. The van der Waals surface area contributed by atoms with E-state index in [1.54, 1.807) is 18.0 Å². The standard InChI is InChI=1S/C15H22FNO3/c1-17(8-4-3-5-9-18)15(19)11-12-6-7-14(20-2)13(16)10-12/h6-7,10,18H,3-5,8-9,11H2,1-2H3. The quantitative estimate of drug-likeness (QED) is 0.742. The van der Waals surface area contributed by atoms with E-state index < -0.39 is 5.82 Å². The number of methoxy groups -OCH3 is 1. The van der Waals surface area contributed by atoms with Gasteiger partial charge in [0, 0.05) is 20.2 Å². The molecule has 5 heteroatoms. The maximum Gasteiger partial charge on any atom is 0.226 e. The van der Waals surface area contributed by atoms with Gasteiger partial charge in [-0.05, 0) is 37.0 Å². The second kappa shape index (κ2) is 8.53. The second-order valence-corrected chi connectivity index (χ2v) is 4.75. The van der Waals surface area contributed by atoms with Gasteiger partial charge in [0.05, 0.1) is 13.5 Å². The first kappa shape index (κ1) is 16.4. The molecule has 1 aromatic rings. The summed E-state index contributed by atoms with van der Waals surface area (Å²) in [5.74, 6) is -0.319. The highest BCUT2D eigenvalue weighted by Crippen LogP contribution is 2.18. The monoisotopic (exact) mass is 283 g/mol. The highest BCUT2D eigenvalue weighted by atomic mass is 19.1. The number of carbonyl (C=O) groups is 1. The van der Waals surface area contributed by atoms with Gasteiger partial charge >= 0.3 is 0 Å². The third kappa shape index (κ3) is 5.17. The predicted octanol–water partition coefficient (Wildman–Crippen LogP) is 2.00. The summed E-state index contributed by atoms with van der Waals surface area (Å²) in [4.78, 5) is 13.6. The van der Waals surface area contributed by atoms with Gasteiger partial charge in [0.2, 0.25) is 5.91 Å². The van der Waals surface area contributed by atoms with Crippen molar-refractivity contribution in [2.75, 3.05) is 27.3 Å². The summed E-state index contributed by atoms with van der Waals surface area (Å²) in [5, 5.41) is 8.68. The van der Waals surface area contributed by atoms with Crippen LogP contribution in [0.4, 0.5) is 4.39 Å². The van der Waals surface area contributed by atoms with Crippen LogP contribution in [0.25, 0.3) is 0 Å². The Kier molecular flexibility index (Phi) is 7.01. The normalized spacial score (nSPS) is 10.4. The van der Waals surface area contributed by atoms with Gasteiger partial charge in [0.15, 0.2) is 11.6 Å². The minimum absolute atomic E-state index is 0.0430. The zero-order valence-electron chi connectivity index (χ0n) is 12.1. The van der Waals surface area contributed by atoms with Crippen molar-refractivity contribution in [2.45, 2.75) is 25.7 Å². The summed E-state index contributed by atoms with van der Waals surface area (Å²) >= 11 is 0. The minimum Gasteiger partial charge on any atom is -0.494 e. The van der Waals surface area contributed by atoms with E-state index in [0.29, 0.717) is 12.1 Å². The van der Waals surface area contributed by atoms with E-state index in [-0.39, 0.29) is 24.7 Å². The number of halogens is 1. The average Bonchev–Trinajstić information content (AvgIpc) is 2.43. The van der Waals surface area contributed by atoms with Crippen LogP contribution >= 0.6 is 0 Å². The van der Waals surface area contributed by atoms with Gasteiger partial charge in [-0.2, -0.15) is 0 Å². The lowest BCUT2D eigenvalue weighted by molar-refractivity contribution is -0.129. The molecular formula is C15H22FNO3. The minimum atomic E-state index is -0.455. The molecule has 20 heavy (non-hydrogen) atoms. The van der Waals surface area contributed by atoms with Gasteiger partial charge in [0.1, 0.15) is 0 Å². The lowest BCUT2D eigenvalue weighted by Gasteiger charge is -2.17. The largest absolute Gasteiger partial charge is 0.494 e. The van der Waals surface area contributed by atoms with E-state index in [0.717, 1.165) is 19.3 Å². The van der Waals surface area contributed by atoms with Crippen LogP contribution in [0.2, 0.25) is 0 Å². The number of benzene rings is 1. The van der Waals surface area contributed by atoms with Gasteiger partial charge < -0.3 is 14.7 Å². The first-order chi connectivity index (χ1) is 9.58. The number of unbranched alkanes of at least 4 members (excludes halogenated alkanes) is 2. The van der Waals surface area contributed by atoms with Gasteiger partial charge in [0.25, 0.3) is 0 Å². The van der Waals surface area contributed by atoms with Crippen LogP contribution in [0.3, 0.4) is 0 Å². The number of carbonyl (C=O) groups excluding carboxylic acids is 1. The van der Waals surface area contributed by atoms with Crippen molar-refractivity contribution in [1.29, 1.82) is 0 Å². The van der Waals surface area contributed by atoms with Gasteiger partial charge in [-0.1, -0.05) is 6.07 Å².